The Bertz CT molecular complexity index is 1410. The summed E-state index contributed by atoms with van der Waals surface area (Å²) in [5, 5.41) is 4.58. The molecule has 0 saturated heterocycles. The predicted octanol–water partition coefficient (Wildman–Crippen LogP) is 5.20. The molecule has 2 N–H and O–H groups in total. The van der Waals surface area contributed by atoms with E-state index in [1.165, 1.54) is 28.7 Å². The maximum atomic E-state index is 13.1. The lowest BCUT2D eigenvalue weighted by Crippen LogP contribution is -2.44. The van der Waals surface area contributed by atoms with E-state index in [1.54, 1.807) is 30.3 Å². The predicted molar refractivity (Wildman–Crippen MR) is 131 cm³/mol. The van der Waals surface area contributed by atoms with Gasteiger partial charge >= 0.3 is 0 Å². The molecule has 1 unspecified atom stereocenters. The van der Waals surface area contributed by atoms with Crippen LogP contribution in [0, 0.1) is 12.8 Å². The van der Waals surface area contributed by atoms with Gasteiger partial charge in [-0.3, -0.25) is 4.79 Å². The molecule has 32 heavy (non-hydrogen) atoms. The Kier molecular flexibility index (Phi) is 6.51. The van der Waals surface area contributed by atoms with Crippen molar-refractivity contribution in [3.8, 4) is 0 Å². The molecule has 0 radical (unpaired) electrons. The van der Waals surface area contributed by atoms with E-state index in [1.807, 2.05) is 20.8 Å². The molecular weight excluding hydrogens is 488 g/mol. The third-order valence-electron chi connectivity index (χ3n) is 4.68. The number of benzene rings is 2. The van der Waals surface area contributed by atoms with Gasteiger partial charge in [0, 0.05) is 5.02 Å². The number of aryl methyl sites for hydroxylation is 1. The number of nitrogens with zero attached hydrogens (tertiary/aromatic N) is 2. The second-order valence-corrected chi connectivity index (χ2v) is 12.2. The minimum absolute atomic E-state index is 0.0919. The highest BCUT2D eigenvalue weighted by Gasteiger charge is 2.27. The van der Waals surface area contributed by atoms with Crippen LogP contribution in [0.15, 0.2) is 41.3 Å². The largest absolute Gasteiger partial charge is 0.301 e. The Morgan fingerprint density at radius 3 is 2.50 bits per heavy atom. The van der Waals surface area contributed by atoms with Gasteiger partial charge in [0.15, 0.2) is 5.13 Å². The van der Waals surface area contributed by atoms with Crippen LogP contribution in [0.2, 0.25) is 5.02 Å². The first-order valence-corrected chi connectivity index (χ1v) is 13.4. The number of rotatable bonds is 7. The van der Waals surface area contributed by atoms with Gasteiger partial charge < -0.3 is 5.32 Å². The van der Waals surface area contributed by atoms with Crippen molar-refractivity contribution in [3.63, 3.8) is 0 Å². The summed E-state index contributed by atoms with van der Waals surface area (Å²) < 4.78 is 30.3. The van der Waals surface area contributed by atoms with Crippen LogP contribution in [-0.4, -0.2) is 30.3 Å². The maximum absolute atomic E-state index is 13.1. The Hall–Kier alpha value is -2.11. The van der Waals surface area contributed by atoms with Gasteiger partial charge in [-0.2, -0.15) is 4.72 Å². The quantitative estimate of drug-likeness (QED) is 0.357. The highest BCUT2D eigenvalue weighted by atomic mass is 35.5. The van der Waals surface area contributed by atoms with Crippen LogP contribution in [0.1, 0.15) is 25.3 Å². The number of hydrogen-bond acceptors (Lipinski definition) is 7. The van der Waals surface area contributed by atoms with Crippen LogP contribution in [0.25, 0.3) is 20.4 Å². The average molecular weight is 509 g/mol. The summed E-state index contributed by atoms with van der Waals surface area (Å²) in [4.78, 5) is 21.9. The average Bonchev–Trinajstić information content (AvgIpc) is 3.27. The monoisotopic (exact) mass is 508 g/mol. The number of anilines is 1. The number of carbonyl (C=O) groups excluding carboxylic acids is 1. The summed E-state index contributed by atoms with van der Waals surface area (Å²) in [5.41, 5.74) is 1.46. The Morgan fingerprint density at radius 2 is 1.75 bits per heavy atom. The summed E-state index contributed by atoms with van der Waals surface area (Å²) in [6.45, 7) is 5.73. The zero-order chi connectivity index (χ0) is 23.0. The molecule has 0 aliphatic carbocycles. The molecule has 1 atom stereocenters. The molecule has 4 aromatic rings. The minimum Gasteiger partial charge on any atom is -0.301 e. The molecule has 4 rings (SSSR count). The lowest BCUT2D eigenvalue weighted by molar-refractivity contribution is -0.118. The molecule has 0 bridgehead atoms. The first kappa shape index (κ1) is 23.1. The van der Waals surface area contributed by atoms with Gasteiger partial charge in [-0.15, -0.1) is 11.3 Å². The molecule has 1 amide bonds. The van der Waals surface area contributed by atoms with Gasteiger partial charge in [-0.1, -0.05) is 36.8 Å². The van der Waals surface area contributed by atoms with E-state index < -0.39 is 22.0 Å². The number of thiazole rings is 2. The summed E-state index contributed by atoms with van der Waals surface area (Å²) in [6, 6.07) is 9.10. The molecule has 168 valence electrons. The fourth-order valence-electron chi connectivity index (χ4n) is 3.27. The molecule has 11 heteroatoms. The van der Waals surface area contributed by atoms with E-state index in [2.05, 4.69) is 20.0 Å². The molecule has 2 aromatic heterocycles. The van der Waals surface area contributed by atoms with Crippen LogP contribution in [0.4, 0.5) is 5.13 Å². The third-order valence-corrected chi connectivity index (χ3v) is 8.25. The lowest BCUT2D eigenvalue weighted by Gasteiger charge is -2.19. The molecule has 2 heterocycles. The van der Waals surface area contributed by atoms with Crippen molar-refractivity contribution >= 4 is 75.8 Å². The number of aromatic nitrogens is 2. The van der Waals surface area contributed by atoms with Gasteiger partial charge in [0.2, 0.25) is 15.9 Å². The SMILES string of the molecule is Cc1nc2ccc(S(=O)(=O)NC(CC(C)C)C(=O)Nc3nc4ccc(Cl)cc4s3)cc2s1. The van der Waals surface area contributed by atoms with Crippen LogP contribution in [0.3, 0.4) is 0 Å². The van der Waals surface area contributed by atoms with E-state index in [-0.39, 0.29) is 10.8 Å². The van der Waals surface area contributed by atoms with Crippen molar-refractivity contribution in [3.05, 3.63) is 46.4 Å². The Morgan fingerprint density at radius 1 is 1.06 bits per heavy atom. The summed E-state index contributed by atoms with van der Waals surface area (Å²) in [6.07, 6.45) is 0.337. The van der Waals surface area contributed by atoms with Crippen LogP contribution < -0.4 is 10.0 Å². The number of carbonyl (C=O) groups is 1. The molecule has 0 saturated carbocycles. The van der Waals surface area contributed by atoms with E-state index >= 15 is 0 Å². The van der Waals surface area contributed by atoms with Gasteiger partial charge in [0.1, 0.15) is 6.04 Å². The van der Waals surface area contributed by atoms with Gasteiger partial charge in [0.25, 0.3) is 0 Å². The van der Waals surface area contributed by atoms with E-state index in [9.17, 15) is 13.2 Å². The summed E-state index contributed by atoms with van der Waals surface area (Å²) in [5.74, 6) is -0.364. The molecular formula is C21H21ClN4O3S3. The highest BCUT2D eigenvalue weighted by molar-refractivity contribution is 7.89. The topological polar surface area (TPSA) is 101 Å². The Labute approximate surface area is 198 Å². The molecule has 0 aliphatic heterocycles. The van der Waals surface area contributed by atoms with Crippen molar-refractivity contribution < 1.29 is 13.2 Å². The molecule has 0 spiro atoms. The molecule has 0 aliphatic rings. The first-order valence-electron chi connectivity index (χ1n) is 9.87. The van der Waals surface area contributed by atoms with Gasteiger partial charge in [0.05, 0.1) is 30.3 Å². The number of halogens is 1. The van der Waals surface area contributed by atoms with Crippen LogP contribution in [-0.2, 0) is 14.8 Å². The van der Waals surface area contributed by atoms with Crippen molar-refractivity contribution in [1.29, 1.82) is 0 Å². The number of hydrogen-bond donors (Lipinski definition) is 2. The second-order valence-electron chi connectivity index (χ2n) is 7.79. The first-order chi connectivity index (χ1) is 15.1. The number of fused-ring (bicyclic) bond motifs is 2. The fraction of sp³-hybridized carbons (Fsp3) is 0.286. The van der Waals surface area contributed by atoms with E-state index in [0.29, 0.717) is 22.1 Å². The smallest absolute Gasteiger partial charge is 0.244 e. The highest BCUT2D eigenvalue weighted by Crippen LogP contribution is 2.29. The lowest BCUT2D eigenvalue weighted by atomic mass is 10.0. The van der Waals surface area contributed by atoms with E-state index in [0.717, 1.165) is 19.9 Å². The van der Waals surface area contributed by atoms with Crippen LogP contribution in [0.5, 0.6) is 0 Å². The maximum Gasteiger partial charge on any atom is 0.244 e. The molecule has 7 nitrogen and oxygen atoms in total. The summed E-state index contributed by atoms with van der Waals surface area (Å²) in [7, 11) is -3.92. The number of sulfonamides is 1. The zero-order valence-corrected chi connectivity index (χ0v) is 20.8. The van der Waals surface area contributed by atoms with Gasteiger partial charge in [-0.05, 0) is 55.7 Å². The van der Waals surface area contributed by atoms with Crippen molar-refractivity contribution in [2.75, 3.05) is 5.32 Å². The van der Waals surface area contributed by atoms with Crippen molar-refractivity contribution in [2.45, 2.75) is 38.1 Å². The van der Waals surface area contributed by atoms with Crippen LogP contribution >= 0.6 is 34.3 Å². The van der Waals surface area contributed by atoms with E-state index in [4.69, 9.17) is 11.6 Å². The fourth-order valence-corrected chi connectivity index (χ4v) is 6.59. The minimum atomic E-state index is -3.92. The standard InChI is InChI=1S/C21H21ClN4O3S3/c1-11(2)8-17(20(27)25-21-24-16-6-4-13(22)9-18(16)31-21)26-32(28,29)14-5-7-15-19(10-14)30-12(3)23-15/h4-7,9-11,17,26H,8H2,1-3H3,(H,24,25,27). The Balaban J connectivity index is 1.57. The van der Waals surface area contributed by atoms with Gasteiger partial charge in [-0.25, -0.2) is 18.4 Å². The molecule has 2 aromatic carbocycles. The van der Waals surface area contributed by atoms with Crippen molar-refractivity contribution in [1.82, 2.24) is 14.7 Å². The second kappa shape index (κ2) is 9.03. The van der Waals surface area contributed by atoms with Crippen molar-refractivity contribution in [2.24, 2.45) is 5.92 Å². The molecule has 0 fully saturated rings. The zero-order valence-electron chi connectivity index (χ0n) is 17.5. The number of nitrogens with one attached hydrogen (secondary N) is 2. The summed E-state index contributed by atoms with van der Waals surface area (Å²) >= 11 is 8.73. The number of amides is 1. The normalized spacial score (nSPS) is 13.2. The third kappa shape index (κ3) is 5.10.